The van der Waals surface area contributed by atoms with Gasteiger partial charge >= 0.3 is 0 Å². The van der Waals surface area contributed by atoms with Crippen LogP contribution < -0.4 is 28.7 Å². The number of alkyl halides is 1. The number of rotatable bonds is 14. The third kappa shape index (κ3) is 16.5. The number of amides is 2. The first kappa shape index (κ1) is 51.1. The molecule has 2 amide bonds. The van der Waals surface area contributed by atoms with Gasteiger partial charge in [-0.2, -0.15) is 0 Å². The summed E-state index contributed by atoms with van der Waals surface area (Å²) >= 11 is 16.5. The van der Waals surface area contributed by atoms with Crippen LogP contribution in [0.1, 0.15) is 47.6 Å². The van der Waals surface area contributed by atoms with Crippen molar-refractivity contribution in [3.8, 4) is 23.0 Å². The maximum absolute atomic E-state index is 10.5. The quantitative estimate of drug-likeness (QED) is 0.0453. The highest BCUT2D eigenvalue weighted by Gasteiger charge is 2.26. The van der Waals surface area contributed by atoms with E-state index in [1.165, 1.54) is 22.3 Å². The van der Waals surface area contributed by atoms with E-state index in [9.17, 15) is 14.0 Å². The maximum atomic E-state index is 10.5. The van der Waals surface area contributed by atoms with E-state index in [1.54, 1.807) is 51.3 Å². The highest BCUT2D eigenvalue weighted by atomic mass is 127. The van der Waals surface area contributed by atoms with Gasteiger partial charge in [0.15, 0.2) is 0 Å². The molecule has 0 spiro atoms. The zero-order valence-electron chi connectivity index (χ0n) is 38.0. The minimum atomic E-state index is -1.00. The van der Waals surface area contributed by atoms with Crippen LogP contribution >= 0.6 is 68.7 Å². The van der Waals surface area contributed by atoms with Crippen LogP contribution in [0.3, 0.4) is 0 Å². The topological polar surface area (TPSA) is 107 Å². The highest BCUT2D eigenvalue weighted by Crippen LogP contribution is 2.28. The van der Waals surface area contributed by atoms with Gasteiger partial charge in [-0.25, -0.2) is 13.1 Å². The van der Waals surface area contributed by atoms with Gasteiger partial charge in [-0.1, -0.05) is 71.7 Å². The van der Waals surface area contributed by atoms with E-state index in [2.05, 4.69) is 110 Å². The number of hydrogen-bond donors (Lipinski definition) is 0. The number of aromatic nitrogens is 2. The van der Waals surface area contributed by atoms with Crippen LogP contribution in [-0.2, 0) is 35.8 Å². The molecule has 11 nitrogen and oxygen atoms in total. The lowest BCUT2D eigenvalue weighted by atomic mass is 10.1. The average Bonchev–Trinajstić information content (AvgIpc) is 3.61. The van der Waals surface area contributed by atoms with Gasteiger partial charge in [-0.05, 0) is 137 Å². The van der Waals surface area contributed by atoms with Crippen LogP contribution in [0.2, 0.25) is 10.3 Å². The molecule has 0 radical (unpaired) electrons. The van der Waals surface area contributed by atoms with Crippen molar-refractivity contribution in [1.29, 1.82) is 0 Å². The standard InChI is InChI=1S/C22H22ClIN2O2.C22H23ClN2O2.C4H4INO2.CH3F/c1-15-12-20(25-22(23)21(15)24)26(13-16-4-8-18(27-2)9-5-16)14-17-6-10-19(28-3)11-7-17;1-16-12-21(23)24-22(13-16)25(14-17-4-8-19(26-2)9-5-17)15-18-6-10-20(27-3)11-7-18;5-6-3(7)1-2-4(6)8;1-2/h4-12H,13-14H2,1-3H3;4-13H,14-15H2,1-3H3;1-2H2;1H3/i;;;1D. The number of pyridine rings is 2. The number of halogens is 5. The minimum Gasteiger partial charge on any atom is -0.497 e. The fourth-order valence-electron chi connectivity index (χ4n) is 6.32. The molecule has 0 aliphatic carbocycles. The van der Waals surface area contributed by atoms with Gasteiger partial charge in [-0.3, -0.25) is 14.0 Å². The number of hydrogen-bond acceptors (Lipinski definition) is 10. The summed E-state index contributed by atoms with van der Waals surface area (Å²) in [7, 11) is 5.68. The first-order chi connectivity index (χ1) is 31.7. The molecule has 1 fully saturated rings. The van der Waals surface area contributed by atoms with Gasteiger partial charge in [0.1, 0.15) is 44.9 Å². The average molecular weight is 1150 g/mol. The van der Waals surface area contributed by atoms with Crippen LogP contribution in [0.4, 0.5) is 16.0 Å². The number of nitrogens with zero attached hydrogens (tertiary/aromatic N) is 5. The predicted octanol–water partition coefficient (Wildman–Crippen LogP) is 12.2. The number of anilines is 2. The fourth-order valence-corrected chi connectivity index (χ4v) is 7.58. The van der Waals surface area contributed by atoms with Crippen LogP contribution in [0.5, 0.6) is 23.0 Å². The molecule has 0 unspecified atom stereocenters. The Bertz CT molecular complexity index is 2300. The summed E-state index contributed by atoms with van der Waals surface area (Å²) in [6, 6.07) is 38.3. The molecule has 4 aromatic carbocycles. The van der Waals surface area contributed by atoms with Gasteiger partial charge in [0.2, 0.25) is 11.8 Å². The van der Waals surface area contributed by atoms with Gasteiger partial charge in [0, 0.05) is 39.0 Å². The first-order valence-electron chi connectivity index (χ1n) is 20.8. The molecule has 0 bridgehead atoms. The van der Waals surface area contributed by atoms with Gasteiger partial charge in [0.25, 0.3) is 0 Å². The molecule has 65 heavy (non-hydrogen) atoms. The predicted molar refractivity (Wildman–Crippen MR) is 275 cm³/mol. The van der Waals surface area contributed by atoms with Crippen molar-refractivity contribution >= 4 is 92.1 Å². The van der Waals surface area contributed by atoms with Gasteiger partial charge in [-0.15, -0.1) is 0 Å². The lowest BCUT2D eigenvalue weighted by Gasteiger charge is -2.25. The van der Waals surface area contributed by atoms with Crippen molar-refractivity contribution in [2.75, 3.05) is 45.4 Å². The Balaban J connectivity index is 0.000000235. The molecule has 6 aromatic rings. The Morgan fingerprint density at radius 2 is 0.938 bits per heavy atom. The monoisotopic (exact) mass is 1150 g/mol. The van der Waals surface area contributed by atoms with Crippen LogP contribution in [0.25, 0.3) is 0 Å². The normalized spacial score (nSPS) is 11.7. The number of carbonyl (C=O) groups is 2. The Hall–Kier alpha value is -4.91. The zero-order chi connectivity index (χ0) is 48.2. The molecule has 2 aromatic heterocycles. The SMILES string of the molecule is COc1ccc(CN(Cc2ccc(OC)cc2)c2cc(C)c(I)c(Cl)n2)cc1.COc1ccc(CN(Cc2ccc(OC)cc2)c2cc(C)cc(Cl)n2)cc1.O=C1CCC(=O)N1I.[2H]CF. The number of methoxy groups -OCH3 is 4. The maximum Gasteiger partial charge on any atom is 0.238 e. The summed E-state index contributed by atoms with van der Waals surface area (Å²) in [6.07, 6.45) is 0.781. The summed E-state index contributed by atoms with van der Waals surface area (Å²) in [4.78, 5) is 34.6. The summed E-state index contributed by atoms with van der Waals surface area (Å²) in [6.45, 7) is 6.91. The van der Waals surface area contributed by atoms with E-state index in [4.69, 9.17) is 43.5 Å². The van der Waals surface area contributed by atoms with E-state index in [0.29, 0.717) is 49.3 Å². The largest absolute Gasteiger partial charge is 0.497 e. The molecule has 1 aliphatic rings. The molecule has 0 atom stereocenters. The fraction of sp³-hybridized carbons (Fsp3) is 0.265. The number of aryl methyl sites for hydroxylation is 2. The minimum absolute atomic E-state index is 0.0735. The molecule has 3 heterocycles. The van der Waals surface area contributed by atoms with Crippen molar-refractivity contribution in [1.82, 2.24) is 13.1 Å². The molecule has 1 aliphatic heterocycles. The van der Waals surface area contributed by atoms with Crippen molar-refractivity contribution in [2.45, 2.75) is 52.9 Å². The second-order valence-electron chi connectivity index (χ2n) is 14.4. The van der Waals surface area contributed by atoms with Crippen LogP contribution in [0.15, 0.2) is 115 Å². The molecule has 16 heteroatoms. The number of imide groups is 1. The Morgan fingerprint density at radius 1 is 0.615 bits per heavy atom. The van der Waals surface area contributed by atoms with Gasteiger partial charge in [0.05, 0.1) is 63.4 Å². The lowest BCUT2D eigenvalue weighted by Crippen LogP contribution is -2.23. The summed E-state index contributed by atoms with van der Waals surface area (Å²) in [5, 5.41) is 1.03. The molecule has 0 N–H and O–H groups in total. The molecular formula is C49H52Cl2FI2N5O6. The molecule has 1 saturated heterocycles. The summed E-state index contributed by atoms with van der Waals surface area (Å²) in [5.74, 6) is 4.94. The number of ether oxygens (including phenoxy) is 4. The smallest absolute Gasteiger partial charge is 0.238 e. The molecular weight excluding hydrogens is 1100 g/mol. The summed E-state index contributed by atoms with van der Waals surface area (Å²) < 4.78 is 38.7. The van der Waals surface area contributed by atoms with E-state index < -0.39 is 7.15 Å². The van der Waals surface area contributed by atoms with Crippen molar-refractivity contribution in [3.63, 3.8) is 0 Å². The van der Waals surface area contributed by atoms with Crippen LogP contribution in [-0.4, -0.2) is 60.5 Å². The molecule has 0 saturated carbocycles. The van der Waals surface area contributed by atoms with Crippen molar-refractivity contribution < 1.29 is 34.3 Å². The van der Waals surface area contributed by atoms with Crippen LogP contribution in [0, 0.1) is 17.4 Å². The highest BCUT2D eigenvalue weighted by molar-refractivity contribution is 14.1. The Kier molecular flexibility index (Phi) is 21.1. The first-order valence-corrected chi connectivity index (χ1v) is 22.9. The number of benzene rings is 4. The van der Waals surface area contributed by atoms with Crippen molar-refractivity contribution in [2.24, 2.45) is 0 Å². The van der Waals surface area contributed by atoms with E-state index in [-0.39, 0.29) is 11.8 Å². The second-order valence-corrected chi connectivity index (χ2v) is 17.2. The van der Waals surface area contributed by atoms with Gasteiger partial charge < -0.3 is 28.7 Å². The van der Waals surface area contributed by atoms with E-state index >= 15 is 0 Å². The van der Waals surface area contributed by atoms with E-state index in [0.717, 1.165) is 52.4 Å². The molecule has 344 valence electrons. The zero-order valence-corrected chi connectivity index (χ0v) is 42.8. The van der Waals surface area contributed by atoms with Crippen molar-refractivity contribution in [3.05, 3.63) is 163 Å². The third-order valence-electron chi connectivity index (χ3n) is 9.78. The molecule has 7 rings (SSSR count). The Morgan fingerprint density at radius 3 is 1.20 bits per heavy atom. The summed E-state index contributed by atoms with van der Waals surface area (Å²) in [5.41, 5.74) is 6.88. The number of carbonyl (C=O) groups excluding carboxylic acids is 2. The Labute approximate surface area is 420 Å². The van der Waals surface area contributed by atoms with E-state index in [1.807, 2.05) is 61.5 Å². The third-order valence-corrected chi connectivity index (χ3v) is 13.0. The lowest BCUT2D eigenvalue weighted by molar-refractivity contribution is -0.130. The second kappa shape index (κ2) is 26.9.